The van der Waals surface area contributed by atoms with Gasteiger partial charge in [0.1, 0.15) is 30.7 Å². The third-order valence-corrected chi connectivity index (χ3v) is 5.58. The van der Waals surface area contributed by atoms with Gasteiger partial charge in [0.2, 0.25) is 5.76 Å². The van der Waals surface area contributed by atoms with Crippen LogP contribution in [0.4, 0.5) is 5.13 Å². The number of hydrogen-bond acceptors (Lipinski definition) is 7. The van der Waals surface area contributed by atoms with Crippen molar-refractivity contribution in [1.29, 1.82) is 0 Å². The maximum Gasteiger partial charge on any atom is 0.298 e. The third-order valence-electron chi connectivity index (χ3n) is 4.54. The molecule has 0 radical (unpaired) electrons. The molecule has 3 rings (SSSR count). The molecule has 0 saturated heterocycles. The number of benzene rings is 1. The topological polar surface area (TPSA) is 64.1 Å². The van der Waals surface area contributed by atoms with Gasteiger partial charge in [0, 0.05) is 13.1 Å². The largest absolute Gasteiger partial charge is 0.494 e. The maximum absolute atomic E-state index is 13.1. The van der Waals surface area contributed by atoms with E-state index in [0.29, 0.717) is 31.5 Å². The van der Waals surface area contributed by atoms with E-state index in [4.69, 9.17) is 19.2 Å². The van der Waals surface area contributed by atoms with Crippen molar-refractivity contribution in [2.75, 3.05) is 50.9 Å². The van der Waals surface area contributed by atoms with Crippen LogP contribution in [0, 0.1) is 0 Å². The Kier molecular flexibility index (Phi) is 9.00. The van der Waals surface area contributed by atoms with Gasteiger partial charge in [-0.15, -0.1) is 12.4 Å². The van der Waals surface area contributed by atoms with E-state index >= 15 is 0 Å². The van der Waals surface area contributed by atoms with E-state index in [2.05, 4.69) is 18.7 Å². The van der Waals surface area contributed by atoms with Crippen LogP contribution in [0.5, 0.6) is 5.75 Å². The molecule has 1 aliphatic rings. The smallest absolute Gasteiger partial charge is 0.298 e. The van der Waals surface area contributed by atoms with Crippen molar-refractivity contribution in [2.24, 2.45) is 0 Å². The number of rotatable bonds is 9. The fourth-order valence-corrected chi connectivity index (χ4v) is 3.99. The molecule has 0 unspecified atom stereocenters. The summed E-state index contributed by atoms with van der Waals surface area (Å²) in [5, 5.41) is 0.634. The highest BCUT2D eigenvalue weighted by Crippen LogP contribution is 2.34. The minimum absolute atomic E-state index is 0. The Balaban J connectivity index is 0.00000300. The minimum atomic E-state index is -0.233. The van der Waals surface area contributed by atoms with Crippen LogP contribution >= 0.6 is 23.7 Å². The lowest BCUT2D eigenvalue weighted by atomic mass is 10.3. The molecule has 0 spiro atoms. The number of thiazole rings is 1. The van der Waals surface area contributed by atoms with Crippen molar-refractivity contribution in [3.63, 3.8) is 0 Å². The average molecular weight is 442 g/mol. The van der Waals surface area contributed by atoms with Crippen LogP contribution in [-0.2, 0) is 14.3 Å². The number of amides is 1. The van der Waals surface area contributed by atoms with E-state index in [1.807, 2.05) is 25.1 Å². The van der Waals surface area contributed by atoms with Crippen molar-refractivity contribution >= 4 is 45.0 Å². The number of aromatic nitrogens is 1. The standard InChI is InChI=1S/C20H27N3O4S.ClH/c1-4-22(5-2)10-11-23(19(24)16-14-25-12-13-27-16)20-21-18-15(26-6-3)8-7-9-17(18)28-20;/h7-9,14H,4-6,10-13H2,1-3H3;1H. The van der Waals surface area contributed by atoms with Crippen molar-refractivity contribution in [1.82, 2.24) is 9.88 Å². The number of para-hydroxylation sites is 1. The molecule has 7 nitrogen and oxygen atoms in total. The normalized spacial score (nSPS) is 13.3. The number of likely N-dealkylation sites (N-methyl/N-ethyl adjacent to an activating group) is 1. The van der Waals surface area contributed by atoms with Crippen molar-refractivity contribution < 1.29 is 19.0 Å². The summed E-state index contributed by atoms with van der Waals surface area (Å²) < 4.78 is 17.5. The van der Waals surface area contributed by atoms with Gasteiger partial charge in [-0.3, -0.25) is 9.69 Å². The molecule has 1 aromatic carbocycles. The zero-order valence-electron chi connectivity index (χ0n) is 17.1. The molecule has 0 aliphatic carbocycles. The van der Waals surface area contributed by atoms with Crippen LogP contribution in [0.2, 0.25) is 0 Å². The molecule has 0 bridgehead atoms. The van der Waals surface area contributed by atoms with Crippen molar-refractivity contribution in [2.45, 2.75) is 20.8 Å². The van der Waals surface area contributed by atoms with E-state index in [-0.39, 0.29) is 24.1 Å². The molecule has 0 fully saturated rings. The Morgan fingerprint density at radius 3 is 2.66 bits per heavy atom. The van der Waals surface area contributed by atoms with E-state index in [1.165, 1.54) is 17.6 Å². The molecule has 1 amide bonds. The fourth-order valence-electron chi connectivity index (χ4n) is 2.98. The lowest BCUT2D eigenvalue weighted by Gasteiger charge is -2.26. The SMILES string of the molecule is CCOc1cccc2sc(N(CCN(CC)CC)C(=O)C3=COCCO3)nc12.Cl. The second-order valence-corrected chi connectivity index (χ2v) is 7.23. The molecule has 29 heavy (non-hydrogen) atoms. The van der Waals surface area contributed by atoms with Crippen LogP contribution in [0.3, 0.4) is 0 Å². The number of nitrogens with zero attached hydrogens (tertiary/aromatic N) is 3. The summed E-state index contributed by atoms with van der Waals surface area (Å²) in [5.41, 5.74) is 0.778. The zero-order valence-corrected chi connectivity index (χ0v) is 18.7. The van der Waals surface area contributed by atoms with Crippen LogP contribution in [-0.4, -0.2) is 61.8 Å². The fraction of sp³-hybridized carbons (Fsp3) is 0.500. The summed E-state index contributed by atoms with van der Waals surface area (Å²) >= 11 is 1.48. The lowest BCUT2D eigenvalue weighted by Crippen LogP contribution is -2.40. The highest BCUT2D eigenvalue weighted by Gasteiger charge is 2.27. The number of fused-ring (bicyclic) bond motifs is 1. The van der Waals surface area contributed by atoms with E-state index in [0.717, 1.165) is 35.6 Å². The summed E-state index contributed by atoms with van der Waals surface area (Å²) in [6.45, 7) is 10.7. The summed E-state index contributed by atoms with van der Waals surface area (Å²) in [6.07, 6.45) is 1.40. The van der Waals surface area contributed by atoms with Crippen LogP contribution in [0.25, 0.3) is 10.2 Å². The van der Waals surface area contributed by atoms with Gasteiger partial charge < -0.3 is 19.1 Å². The van der Waals surface area contributed by atoms with Gasteiger partial charge in [-0.25, -0.2) is 4.98 Å². The van der Waals surface area contributed by atoms with E-state index < -0.39 is 0 Å². The summed E-state index contributed by atoms with van der Waals surface area (Å²) in [4.78, 5) is 21.8. The predicted octanol–water partition coefficient (Wildman–Crippen LogP) is 3.68. The van der Waals surface area contributed by atoms with Crippen molar-refractivity contribution in [3.8, 4) is 5.75 Å². The number of anilines is 1. The zero-order chi connectivity index (χ0) is 19.9. The Bertz CT molecular complexity index is 838. The molecule has 9 heteroatoms. The first-order valence-electron chi connectivity index (χ1n) is 9.69. The molecule has 0 saturated carbocycles. The highest BCUT2D eigenvalue weighted by atomic mass is 35.5. The van der Waals surface area contributed by atoms with Crippen LogP contribution < -0.4 is 9.64 Å². The summed E-state index contributed by atoms with van der Waals surface area (Å²) in [5.74, 6) is 0.717. The van der Waals surface area contributed by atoms with Crippen LogP contribution in [0.15, 0.2) is 30.2 Å². The molecular weight excluding hydrogens is 414 g/mol. The minimum Gasteiger partial charge on any atom is -0.494 e. The number of carbonyl (C=O) groups excluding carboxylic acids is 1. The van der Waals surface area contributed by atoms with Gasteiger partial charge in [-0.1, -0.05) is 31.3 Å². The van der Waals surface area contributed by atoms with Gasteiger partial charge in [0.05, 0.1) is 11.3 Å². The highest BCUT2D eigenvalue weighted by molar-refractivity contribution is 7.22. The van der Waals surface area contributed by atoms with Gasteiger partial charge in [-0.05, 0) is 32.1 Å². The third kappa shape index (κ3) is 5.52. The first-order chi connectivity index (χ1) is 13.7. The predicted molar refractivity (Wildman–Crippen MR) is 118 cm³/mol. The first kappa shape index (κ1) is 23.3. The summed E-state index contributed by atoms with van der Waals surface area (Å²) in [6, 6.07) is 5.83. The molecule has 1 aliphatic heterocycles. The second kappa shape index (κ2) is 11.2. The second-order valence-electron chi connectivity index (χ2n) is 6.22. The molecule has 2 heterocycles. The number of halogens is 1. The Morgan fingerprint density at radius 2 is 2.00 bits per heavy atom. The van der Waals surface area contributed by atoms with Gasteiger partial charge >= 0.3 is 0 Å². The quantitative estimate of drug-likeness (QED) is 0.591. The molecular formula is C20H28ClN3O4S. The Labute approximate surface area is 181 Å². The first-order valence-corrected chi connectivity index (χ1v) is 10.5. The molecule has 0 atom stereocenters. The summed E-state index contributed by atoms with van der Waals surface area (Å²) in [7, 11) is 0. The van der Waals surface area contributed by atoms with Crippen LogP contribution in [0.1, 0.15) is 20.8 Å². The van der Waals surface area contributed by atoms with Gasteiger partial charge in [0.25, 0.3) is 5.91 Å². The average Bonchev–Trinajstić information content (AvgIpc) is 3.17. The van der Waals surface area contributed by atoms with Gasteiger partial charge in [0.15, 0.2) is 5.13 Å². The van der Waals surface area contributed by atoms with E-state index in [9.17, 15) is 4.79 Å². The monoisotopic (exact) mass is 441 g/mol. The number of ether oxygens (including phenoxy) is 3. The molecule has 0 N–H and O–H groups in total. The van der Waals surface area contributed by atoms with Gasteiger partial charge in [-0.2, -0.15) is 0 Å². The molecule has 160 valence electrons. The Morgan fingerprint density at radius 1 is 1.21 bits per heavy atom. The molecule has 1 aromatic heterocycles. The lowest BCUT2D eigenvalue weighted by molar-refractivity contribution is -0.119. The maximum atomic E-state index is 13.1. The Hall–Kier alpha value is -2.03. The number of carbonyl (C=O) groups is 1. The number of hydrogen-bond donors (Lipinski definition) is 0. The van der Waals surface area contributed by atoms with Crippen molar-refractivity contribution in [3.05, 3.63) is 30.2 Å². The molecule has 2 aromatic rings. The van der Waals surface area contributed by atoms with E-state index in [1.54, 1.807) is 4.90 Å².